The molecule has 216 valence electrons. The number of imidazole rings is 1. The van der Waals surface area contributed by atoms with Crippen molar-refractivity contribution in [2.45, 2.75) is 26.7 Å². The minimum absolute atomic E-state index is 0.162. The molecule has 1 aromatic carbocycles. The first kappa shape index (κ1) is 29.5. The highest BCUT2D eigenvalue weighted by molar-refractivity contribution is 6.02. The maximum absolute atomic E-state index is 15.1. The highest BCUT2D eigenvalue weighted by Crippen LogP contribution is 2.38. The Kier molecular flexibility index (Phi) is 8.87. The first-order valence-electron chi connectivity index (χ1n) is 13.3. The van der Waals surface area contributed by atoms with Crippen molar-refractivity contribution < 1.29 is 13.9 Å². The predicted molar refractivity (Wildman–Crippen MR) is 162 cm³/mol. The van der Waals surface area contributed by atoms with Gasteiger partial charge in [-0.05, 0) is 51.2 Å². The first-order chi connectivity index (χ1) is 19.5. The van der Waals surface area contributed by atoms with Crippen LogP contribution < -0.4 is 20.3 Å². The number of halogens is 1. The zero-order chi connectivity index (χ0) is 29.8. The fourth-order valence-corrected chi connectivity index (χ4v) is 4.68. The third-order valence-electron chi connectivity index (χ3n) is 6.70. The third-order valence-corrected chi connectivity index (χ3v) is 6.70. The molecule has 0 unspecified atom stereocenters. The van der Waals surface area contributed by atoms with Crippen LogP contribution in [0.25, 0.3) is 16.9 Å². The molecule has 2 N–H and O–H groups in total. The molecule has 41 heavy (non-hydrogen) atoms. The molecule has 3 heterocycles. The number of pyridine rings is 1. The van der Waals surface area contributed by atoms with Gasteiger partial charge in [0, 0.05) is 49.9 Å². The lowest BCUT2D eigenvalue weighted by atomic mass is 10.1. The van der Waals surface area contributed by atoms with Gasteiger partial charge in [-0.1, -0.05) is 20.4 Å². The number of nitrogens with one attached hydrogen (secondary N) is 2. The molecular formula is C30H37FN8O2. The van der Waals surface area contributed by atoms with E-state index in [1.807, 2.05) is 45.2 Å². The first-order valence-corrected chi connectivity index (χ1v) is 13.3. The predicted octanol–water partition coefficient (Wildman–Crippen LogP) is 5.24. The summed E-state index contributed by atoms with van der Waals surface area (Å²) in [6.07, 6.45) is 4.67. The number of anilines is 4. The van der Waals surface area contributed by atoms with E-state index < -0.39 is 5.82 Å². The second-order valence-corrected chi connectivity index (χ2v) is 10.4. The monoisotopic (exact) mass is 560 g/mol. The largest absolute Gasteiger partial charge is 0.494 e. The maximum Gasteiger partial charge on any atom is 0.247 e. The topological polar surface area (TPSA) is 99.9 Å². The van der Waals surface area contributed by atoms with Gasteiger partial charge in [-0.3, -0.25) is 4.79 Å². The normalized spacial score (nSPS) is 11.3. The average Bonchev–Trinajstić information content (AvgIpc) is 3.28. The Morgan fingerprint density at radius 2 is 1.93 bits per heavy atom. The number of fused-ring (bicyclic) bond motifs is 1. The van der Waals surface area contributed by atoms with Crippen LogP contribution in [0.15, 0.2) is 49.3 Å². The van der Waals surface area contributed by atoms with Gasteiger partial charge in [0.25, 0.3) is 0 Å². The Labute approximate surface area is 239 Å². The number of benzene rings is 1. The summed E-state index contributed by atoms with van der Waals surface area (Å²) in [6.45, 7) is 11.1. The fraction of sp³-hybridized carbons (Fsp3) is 0.333. The summed E-state index contributed by atoms with van der Waals surface area (Å²) in [6, 6.07) is 6.77. The second kappa shape index (κ2) is 12.3. The number of rotatable bonds is 11. The fourth-order valence-electron chi connectivity index (χ4n) is 4.68. The number of carbonyl (C=O) groups is 1. The number of aryl methyl sites for hydroxylation is 1. The SMILES string of the molecule is C=CC(=O)Nc1cc(Nc2nccc(-c3cc(F)c4nc(C)c(C(C)C)n4c3)n2)c(OC)cc1N(C)CCN(C)C. The van der Waals surface area contributed by atoms with Crippen molar-refractivity contribution in [2.75, 3.05) is 56.9 Å². The molecule has 0 atom stereocenters. The minimum Gasteiger partial charge on any atom is -0.494 e. The van der Waals surface area contributed by atoms with Crippen molar-refractivity contribution in [1.82, 2.24) is 24.3 Å². The van der Waals surface area contributed by atoms with Gasteiger partial charge >= 0.3 is 0 Å². The van der Waals surface area contributed by atoms with Crippen molar-refractivity contribution in [1.29, 1.82) is 0 Å². The summed E-state index contributed by atoms with van der Waals surface area (Å²) in [7, 11) is 7.52. The Hall–Kier alpha value is -4.51. The second-order valence-electron chi connectivity index (χ2n) is 10.4. The molecule has 0 fully saturated rings. The number of aromatic nitrogens is 4. The molecule has 0 spiro atoms. The van der Waals surface area contributed by atoms with E-state index in [-0.39, 0.29) is 23.4 Å². The summed E-state index contributed by atoms with van der Waals surface area (Å²) in [5, 5.41) is 6.09. The van der Waals surface area contributed by atoms with E-state index >= 15 is 4.39 Å². The van der Waals surface area contributed by atoms with Gasteiger partial charge in [-0.15, -0.1) is 0 Å². The van der Waals surface area contributed by atoms with Gasteiger partial charge in [-0.2, -0.15) is 0 Å². The summed E-state index contributed by atoms with van der Waals surface area (Å²) >= 11 is 0. The van der Waals surface area contributed by atoms with Crippen molar-refractivity contribution in [3.8, 4) is 17.0 Å². The quantitative estimate of drug-likeness (QED) is 0.241. The minimum atomic E-state index is -0.427. The maximum atomic E-state index is 15.1. The van der Waals surface area contributed by atoms with Crippen LogP contribution in [0.1, 0.15) is 31.2 Å². The molecular weight excluding hydrogens is 523 g/mol. The lowest BCUT2D eigenvalue weighted by molar-refractivity contribution is -0.111. The molecule has 1 amide bonds. The van der Waals surface area contributed by atoms with Crippen molar-refractivity contribution in [2.24, 2.45) is 0 Å². The van der Waals surface area contributed by atoms with Crippen LogP contribution in [0, 0.1) is 12.7 Å². The molecule has 0 saturated heterocycles. The number of likely N-dealkylation sites (N-methyl/N-ethyl adjacent to an activating group) is 2. The Morgan fingerprint density at radius 1 is 1.17 bits per heavy atom. The van der Waals surface area contributed by atoms with E-state index in [1.165, 1.54) is 12.1 Å². The average molecular weight is 561 g/mol. The highest BCUT2D eigenvalue weighted by Gasteiger charge is 2.19. The number of nitrogens with zero attached hydrogens (tertiary/aromatic N) is 6. The van der Waals surface area contributed by atoms with Gasteiger partial charge in [0.05, 0.1) is 35.6 Å². The lowest BCUT2D eigenvalue weighted by Crippen LogP contribution is -2.29. The summed E-state index contributed by atoms with van der Waals surface area (Å²) in [4.78, 5) is 29.8. The number of carbonyl (C=O) groups excluding carboxylic acids is 1. The van der Waals surface area contributed by atoms with Crippen LogP contribution in [0.4, 0.5) is 27.4 Å². The molecule has 11 heteroatoms. The summed E-state index contributed by atoms with van der Waals surface area (Å²) in [5.41, 5.74) is 5.04. The molecule has 0 radical (unpaired) electrons. The van der Waals surface area contributed by atoms with Crippen LogP contribution >= 0.6 is 0 Å². The number of hydrogen-bond acceptors (Lipinski definition) is 8. The molecule has 0 aliphatic carbocycles. The Balaban J connectivity index is 1.73. The van der Waals surface area contributed by atoms with E-state index in [2.05, 4.69) is 50.9 Å². The molecule has 4 aromatic rings. The van der Waals surface area contributed by atoms with Gasteiger partial charge in [0.1, 0.15) is 5.75 Å². The standard InChI is InChI=1S/C30H37FN8O2/c1-9-27(40)34-23-15-24(26(41-8)16-25(23)38(7)13-12-37(5)6)36-30-32-11-10-22(35-30)20-14-21(31)29-33-19(4)28(18(2)3)39(29)17-20/h9-11,14-18H,1,12-13H2,2-8H3,(H,34,40)(H,32,35,36). The molecule has 0 aliphatic rings. The van der Waals surface area contributed by atoms with Crippen molar-refractivity contribution in [3.05, 3.63) is 66.5 Å². The van der Waals surface area contributed by atoms with Crippen LogP contribution in [0.5, 0.6) is 5.75 Å². The van der Waals surface area contributed by atoms with E-state index in [9.17, 15) is 4.79 Å². The number of ether oxygens (including phenoxy) is 1. The number of methoxy groups -OCH3 is 1. The van der Waals surface area contributed by atoms with E-state index in [4.69, 9.17) is 4.74 Å². The van der Waals surface area contributed by atoms with Gasteiger partial charge in [-0.25, -0.2) is 19.3 Å². The van der Waals surface area contributed by atoms with E-state index in [1.54, 1.807) is 29.8 Å². The van der Waals surface area contributed by atoms with E-state index in [0.29, 0.717) is 28.4 Å². The van der Waals surface area contributed by atoms with Crippen LogP contribution in [-0.2, 0) is 4.79 Å². The van der Waals surface area contributed by atoms with Gasteiger partial charge < -0.3 is 29.6 Å². The molecule has 3 aromatic heterocycles. The highest BCUT2D eigenvalue weighted by atomic mass is 19.1. The number of hydrogen-bond donors (Lipinski definition) is 2. The number of amides is 1. The van der Waals surface area contributed by atoms with E-state index in [0.717, 1.165) is 30.2 Å². The van der Waals surface area contributed by atoms with Crippen molar-refractivity contribution >= 4 is 34.6 Å². The van der Waals surface area contributed by atoms with Crippen LogP contribution in [-0.4, -0.2) is 71.5 Å². The molecule has 10 nitrogen and oxygen atoms in total. The molecule has 0 saturated carbocycles. The Morgan fingerprint density at radius 3 is 2.59 bits per heavy atom. The summed E-state index contributed by atoms with van der Waals surface area (Å²) in [5.74, 6) is 0.209. The van der Waals surface area contributed by atoms with Gasteiger partial charge in [0.15, 0.2) is 11.5 Å². The smallest absolute Gasteiger partial charge is 0.247 e. The molecule has 0 aliphatic heterocycles. The zero-order valence-corrected chi connectivity index (χ0v) is 24.6. The third kappa shape index (κ3) is 6.46. The summed E-state index contributed by atoms with van der Waals surface area (Å²) < 4.78 is 22.6. The molecule has 4 rings (SSSR count). The van der Waals surface area contributed by atoms with Crippen LogP contribution in [0.2, 0.25) is 0 Å². The zero-order valence-electron chi connectivity index (χ0n) is 24.6. The van der Waals surface area contributed by atoms with Crippen molar-refractivity contribution in [3.63, 3.8) is 0 Å². The van der Waals surface area contributed by atoms with Crippen LogP contribution in [0.3, 0.4) is 0 Å². The Bertz CT molecular complexity index is 1580. The van der Waals surface area contributed by atoms with Gasteiger partial charge in [0.2, 0.25) is 11.9 Å². The molecule has 0 bridgehead atoms. The lowest BCUT2D eigenvalue weighted by Gasteiger charge is -2.26.